The van der Waals surface area contributed by atoms with Gasteiger partial charge in [-0.15, -0.1) is 0 Å². The molecule has 23 heavy (non-hydrogen) atoms. The molecule has 1 unspecified atom stereocenters. The molecule has 1 fully saturated rings. The van der Waals surface area contributed by atoms with Gasteiger partial charge in [0, 0.05) is 18.2 Å². The predicted molar refractivity (Wildman–Crippen MR) is 91.1 cm³/mol. The normalized spacial score (nSPS) is 15.9. The molecule has 0 saturated heterocycles. The van der Waals surface area contributed by atoms with E-state index in [-0.39, 0.29) is 17.9 Å². The molecule has 2 aromatic rings. The van der Waals surface area contributed by atoms with E-state index in [1.54, 1.807) is 0 Å². The Morgan fingerprint density at radius 3 is 2.78 bits per heavy atom. The molecule has 0 radical (unpaired) electrons. The van der Waals surface area contributed by atoms with Crippen LogP contribution in [-0.4, -0.2) is 5.91 Å². The molecule has 1 saturated carbocycles. The van der Waals surface area contributed by atoms with Crippen LogP contribution >= 0.6 is 0 Å². The molecule has 1 aromatic carbocycles. The summed E-state index contributed by atoms with van der Waals surface area (Å²) in [6.07, 6.45) is 3.21. The first-order valence-electron chi connectivity index (χ1n) is 8.31. The standard InChI is InChI=1S/C19H24N2O2/c1-13-9-10-18(23-13)14(2)20-12-15-5-3-8-17(11-15)21-19(22)16-6-4-7-16/h3,5,8-11,14,16,20H,4,6-7,12H2,1-2H3,(H,21,22). The monoisotopic (exact) mass is 312 g/mol. The molecule has 1 aliphatic rings. The number of carbonyl (C=O) groups is 1. The third-order valence-electron chi connectivity index (χ3n) is 4.47. The maximum absolute atomic E-state index is 12.0. The number of nitrogens with one attached hydrogen (secondary N) is 2. The first kappa shape index (κ1) is 15.8. The first-order chi connectivity index (χ1) is 11.1. The van der Waals surface area contributed by atoms with Crippen molar-refractivity contribution in [1.82, 2.24) is 5.32 Å². The van der Waals surface area contributed by atoms with Crippen LogP contribution in [0.5, 0.6) is 0 Å². The van der Waals surface area contributed by atoms with Crippen LogP contribution in [0, 0.1) is 12.8 Å². The number of rotatable bonds is 6. The van der Waals surface area contributed by atoms with Crippen molar-refractivity contribution >= 4 is 11.6 Å². The molecule has 1 heterocycles. The zero-order valence-electron chi connectivity index (χ0n) is 13.8. The minimum atomic E-state index is 0.150. The zero-order chi connectivity index (χ0) is 16.2. The van der Waals surface area contributed by atoms with Crippen molar-refractivity contribution < 1.29 is 9.21 Å². The van der Waals surface area contributed by atoms with Gasteiger partial charge in [-0.05, 0) is 56.5 Å². The Balaban J connectivity index is 1.55. The smallest absolute Gasteiger partial charge is 0.227 e. The molecule has 4 heteroatoms. The summed E-state index contributed by atoms with van der Waals surface area (Å²) in [4.78, 5) is 12.0. The first-order valence-corrected chi connectivity index (χ1v) is 8.31. The number of benzene rings is 1. The second-order valence-electron chi connectivity index (χ2n) is 6.37. The average molecular weight is 312 g/mol. The van der Waals surface area contributed by atoms with Crippen LogP contribution in [-0.2, 0) is 11.3 Å². The van der Waals surface area contributed by atoms with Crippen LogP contribution in [0.1, 0.15) is 49.3 Å². The molecule has 0 spiro atoms. The average Bonchev–Trinajstić information content (AvgIpc) is 2.90. The van der Waals surface area contributed by atoms with Crippen molar-refractivity contribution in [2.45, 2.75) is 45.7 Å². The lowest BCUT2D eigenvalue weighted by atomic mass is 9.85. The molecule has 0 bridgehead atoms. The quantitative estimate of drug-likeness (QED) is 0.841. The van der Waals surface area contributed by atoms with Crippen molar-refractivity contribution in [3.8, 4) is 0 Å². The molecule has 3 rings (SSSR count). The summed E-state index contributed by atoms with van der Waals surface area (Å²) in [5.41, 5.74) is 2.02. The highest BCUT2D eigenvalue weighted by Gasteiger charge is 2.25. The van der Waals surface area contributed by atoms with E-state index in [0.717, 1.165) is 42.2 Å². The number of anilines is 1. The van der Waals surface area contributed by atoms with Gasteiger partial charge in [0.05, 0.1) is 6.04 Å². The van der Waals surface area contributed by atoms with Crippen molar-refractivity contribution in [3.63, 3.8) is 0 Å². The second kappa shape index (κ2) is 7.01. The van der Waals surface area contributed by atoms with E-state index in [1.807, 2.05) is 37.3 Å². The van der Waals surface area contributed by atoms with Crippen molar-refractivity contribution in [1.29, 1.82) is 0 Å². The summed E-state index contributed by atoms with van der Waals surface area (Å²) in [7, 11) is 0. The topological polar surface area (TPSA) is 54.3 Å². The van der Waals surface area contributed by atoms with E-state index in [9.17, 15) is 4.79 Å². The highest BCUT2D eigenvalue weighted by atomic mass is 16.3. The Labute approximate surface area is 137 Å². The number of furan rings is 1. The summed E-state index contributed by atoms with van der Waals surface area (Å²) in [6.45, 7) is 4.76. The molecule has 2 N–H and O–H groups in total. The van der Waals surface area contributed by atoms with E-state index in [0.29, 0.717) is 0 Å². The minimum absolute atomic E-state index is 0.150. The molecular formula is C19H24N2O2. The van der Waals surface area contributed by atoms with Gasteiger partial charge in [0.1, 0.15) is 11.5 Å². The number of hydrogen-bond donors (Lipinski definition) is 2. The van der Waals surface area contributed by atoms with Gasteiger partial charge >= 0.3 is 0 Å². The Morgan fingerprint density at radius 2 is 2.13 bits per heavy atom. The third kappa shape index (κ3) is 4.02. The summed E-state index contributed by atoms with van der Waals surface area (Å²) in [6, 6.07) is 12.1. The number of hydrogen-bond acceptors (Lipinski definition) is 3. The molecule has 4 nitrogen and oxygen atoms in total. The van der Waals surface area contributed by atoms with E-state index in [1.165, 1.54) is 6.42 Å². The third-order valence-corrected chi connectivity index (χ3v) is 4.47. The minimum Gasteiger partial charge on any atom is -0.465 e. The van der Waals surface area contributed by atoms with Gasteiger partial charge in [-0.2, -0.15) is 0 Å². The molecule has 1 aliphatic carbocycles. The maximum Gasteiger partial charge on any atom is 0.227 e. The lowest BCUT2D eigenvalue weighted by molar-refractivity contribution is -0.122. The molecule has 1 aromatic heterocycles. The molecular weight excluding hydrogens is 288 g/mol. The molecule has 1 atom stereocenters. The van der Waals surface area contributed by atoms with Crippen molar-refractivity contribution in [2.75, 3.05) is 5.32 Å². The lowest BCUT2D eigenvalue weighted by Crippen LogP contribution is -2.28. The van der Waals surface area contributed by atoms with Gasteiger partial charge in [-0.1, -0.05) is 18.6 Å². The van der Waals surface area contributed by atoms with Crippen molar-refractivity contribution in [2.24, 2.45) is 5.92 Å². The fourth-order valence-corrected chi connectivity index (χ4v) is 2.73. The van der Waals surface area contributed by atoms with E-state index < -0.39 is 0 Å². The number of amides is 1. The van der Waals surface area contributed by atoms with Crippen LogP contribution in [0.25, 0.3) is 0 Å². The van der Waals surface area contributed by atoms with Crippen LogP contribution in [0.15, 0.2) is 40.8 Å². The summed E-state index contributed by atoms with van der Waals surface area (Å²) in [5, 5.41) is 6.47. The lowest BCUT2D eigenvalue weighted by Gasteiger charge is -2.24. The maximum atomic E-state index is 12.0. The second-order valence-corrected chi connectivity index (χ2v) is 6.37. The Morgan fingerprint density at radius 1 is 1.30 bits per heavy atom. The van der Waals surface area contributed by atoms with Crippen LogP contribution in [0.2, 0.25) is 0 Å². The molecule has 0 aliphatic heterocycles. The summed E-state index contributed by atoms with van der Waals surface area (Å²) in [5.74, 6) is 2.23. The van der Waals surface area contributed by atoms with E-state index in [4.69, 9.17) is 4.42 Å². The summed E-state index contributed by atoms with van der Waals surface area (Å²) < 4.78 is 5.64. The molecule has 1 amide bonds. The summed E-state index contributed by atoms with van der Waals surface area (Å²) >= 11 is 0. The Hall–Kier alpha value is -2.07. The van der Waals surface area contributed by atoms with Crippen LogP contribution in [0.3, 0.4) is 0 Å². The predicted octanol–water partition coefficient (Wildman–Crippen LogP) is 4.18. The highest BCUT2D eigenvalue weighted by Crippen LogP contribution is 2.27. The van der Waals surface area contributed by atoms with E-state index in [2.05, 4.69) is 23.6 Å². The number of carbonyl (C=O) groups excluding carboxylic acids is 1. The van der Waals surface area contributed by atoms with Crippen LogP contribution in [0.4, 0.5) is 5.69 Å². The van der Waals surface area contributed by atoms with Gasteiger partial charge in [-0.25, -0.2) is 0 Å². The van der Waals surface area contributed by atoms with E-state index >= 15 is 0 Å². The largest absolute Gasteiger partial charge is 0.465 e. The van der Waals surface area contributed by atoms with Gasteiger partial charge in [-0.3, -0.25) is 4.79 Å². The van der Waals surface area contributed by atoms with Gasteiger partial charge in [0.15, 0.2) is 0 Å². The SMILES string of the molecule is Cc1ccc(C(C)NCc2cccc(NC(=O)C3CCC3)c2)o1. The Kier molecular flexibility index (Phi) is 4.82. The van der Waals surface area contributed by atoms with Gasteiger partial charge < -0.3 is 15.1 Å². The Bertz CT molecular complexity index is 674. The highest BCUT2D eigenvalue weighted by molar-refractivity contribution is 5.93. The fourth-order valence-electron chi connectivity index (χ4n) is 2.73. The zero-order valence-corrected chi connectivity index (χ0v) is 13.8. The fraction of sp³-hybridized carbons (Fsp3) is 0.421. The molecule has 122 valence electrons. The van der Waals surface area contributed by atoms with Gasteiger partial charge in [0.25, 0.3) is 0 Å². The van der Waals surface area contributed by atoms with Crippen LogP contribution < -0.4 is 10.6 Å². The number of aryl methyl sites for hydroxylation is 1. The van der Waals surface area contributed by atoms with Crippen molar-refractivity contribution in [3.05, 3.63) is 53.5 Å². The van der Waals surface area contributed by atoms with Gasteiger partial charge in [0.2, 0.25) is 5.91 Å².